The van der Waals surface area contributed by atoms with Crippen molar-refractivity contribution in [3.8, 4) is 17.0 Å². The number of fused-ring (bicyclic) bond motifs is 1. The third-order valence-electron chi connectivity index (χ3n) is 6.08. The van der Waals surface area contributed by atoms with Gasteiger partial charge in [-0.2, -0.15) is 0 Å². The number of rotatable bonds is 6. The molecule has 0 atom stereocenters. The highest BCUT2D eigenvalue weighted by Crippen LogP contribution is 2.29. The SMILES string of the molecule is COc1ccccc1N1CCN(C(=O)CCc2csc3nc(-c4ccc(Cl)cc4)cn23)CC1. The predicted molar refractivity (Wildman–Crippen MR) is 134 cm³/mol. The summed E-state index contributed by atoms with van der Waals surface area (Å²) in [6, 6.07) is 15.7. The van der Waals surface area contributed by atoms with Gasteiger partial charge in [0.25, 0.3) is 0 Å². The van der Waals surface area contributed by atoms with Gasteiger partial charge in [-0.15, -0.1) is 11.3 Å². The first-order valence-electron chi connectivity index (χ1n) is 11.0. The summed E-state index contributed by atoms with van der Waals surface area (Å²) in [5, 5.41) is 2.81. The van der Waals surface area contributed by atoms with Crippen LogP contribution < -0.4 is 9.64 Å². The van der Waals surface area contributed by atoms with Crippen LogP contribution in [0.15, 0.2) is 60.1 Å². The average molecular weight is 481 g/mol. The number of nitrogens with zero attached hydrogens (tertiary/aromatic N) is 4. The molecule has 8 heteroatoms. The lowest BCUT2D eigenvalue weighted by atomic mass is 10.2. The monoisotopic (exact) mass is 480 g/mol. The van der Waals surface area contributed by atoms with E-state index in [0.29, 0.717) is 17.9 Å². The number of imidazole rings is 1. The number of hydrogen-bond acceptors (Lipinski definition) is 5. The van der Waals surface area contributed by atoms with E-state index in [2.05, 4.69) is 20.7 Å². The predicted octanol–water partition coefficient (Wildman–Crippen LogP) is 5.01. The lowest BCUT2D eigenvalue weighted by Crippen LogP contribution is -2.49. The molecular weight excluding hydrogens is 456 g/mol. The van der Waals surface area contributed by atoms with Crippen molar-refractivity contribution >= 4 is 39.5 Å². The fourth-order valence-corrected chi connectivity index (χ4v) is 5.28. The summed E-state index contributed by atoms with van der Waals surface area (Å²) in [5.41, 5.74) is 4.15. The molecule has 0 radical (unpaired) electrons. The van der Waals surface area contributed by atoms with Crippen molar-refractivity contribution in [3.63, 3.8) is 0 Å². The van der Waals surface area contributed by atoms with Crippen molar-refractivity contribution in [2.45, 2.75) is 12.8 Å². The van der Waals surface area contributed by atoms with E-state index >= 15 is 0 Å². The van der Waals surface area contributed by atoms with E-state index in [1.807, 2.05) is 53.6 Å². The van der Waals surface area contributed by atoms with Gasteiger partial charge in [0, 0.05) is 60.5 Å². The van der Waals surface area contributed by atoms with Crippen molar-refractivity contribution in [2.75, 3.05) is 38.2 Å². The summed E-state index contributed by atoms with van der Waals surface area (Å²) in [7, 11) is 1.69. The highest BCUT2D eigenvalue weighted by Gasteiger charge is 2.23. The lowest BCUT2D eigenvalue weighted by molar-refractivity contribution is -0.131. The first kappa shape index (κ1) is 21.8. The number of ether oxygens (including phenoxy) is 1. The number of piperazine rings is 1. The Balaban J connectivity index is 1.20. The van der Waals surface area contributed by atoms with Crippen LogP contribution in [0.4, 0.5) is 5.69 Å². The van der Waals surface area contributed by atoms with Crippen LogP contribution >= 0.6 is 22.9 Å². The van der Waals surface area contributed by atoms with Crippen LogP contribution in [0.25, 0.3) is 16.2 Å². The van der Waals surface area contributed by atoms with Crippen molar-refractivity contribution in [3.05, 3.63) is 70.8 Å². The minimum Gasteiger partial charge on any atom is -0.495 e. The summed E-state index contributed by atoms with van der Waals surface area (Å²) in [6.07, 6.45) is 3.23. The quantitative estimate of drug-likeness (QED) is 0.389. The number of benzene rings is 2. The third kappa shape index (κ3) is 4.56. The van der Waals surface area contributed by atoms with Gasteiger partial charge in [-0.3, -0.25) is 9.20 Å². The van der Waals surface area contributed by atoms with E-state index in [-0.39, 0.29) is 5.91 Å². The number of carbonyl (C=O) groups excluding carboxylic acids is 1. The minimum absolute atomic E-state index is 0.201. The second kappa shape index (κ2) is 9.45. The zero-order valence-electron chi connectivity index (χ0n) is 18.4. The molecule has 0 aliphatic carbocycles. The largest absolute Gasteiger partial charge is 0.495 e. The molecule has 4 aromatic rings. The van der Waals surface area contributed by atoms with Gasteiger partial charge in [0.2, 0.25) is 5.91 Å². The van der Waals surface area contributed by atoms with Gasteiger partial charge in [0.15, 0.2) is 4.96 Å². The number of carbonyl (C=O) groups is 1. The molecule has 0 spiro atoms. The molecule has 5 rings (SSSR count). The zero-order valence-corrected chi connectivity index (χ0v) is 20.0. The Labute approximate surface area is 202 Å². The van der Waals surface area contributed by atoms with E-state index < -0.39 is 0 Å². The Morgan fingerprint density at radius 2 is 1.85 bits per heavy atom. The maximum absolute atomic E-state index is 12.9. The van der Waals surface area contributed by atoms with Crippen LogP contribution in [0, 0.1) is 0 Å². The molecule has 1 aliphatic heterocycles. The van der Waals surface area contributed by atoms with E-state index in [1.54, 1.807) is 18.4 Å². The Morgan fingerprint density at radius 3 is 2.61 bits per heavy atom. The van der Waals surface area contributed by atoms with Crippen molar-refractivity contribution in [1.82, 2.24) is 14.3 Å². The number of thiazole rings is 1. The van der Waals surface area contributed by atoms with E-state index in [1.165, 1.54) is 0 Å². The highest BCUT2D eigenvalue weighted by atomic mass is 35.5. The van der Waals surface area contributed by atoms with E-state index in [9.17, 15) is 4.79 Å². The maximum Gasteiger partial charge on any atom is 0.223 e. The molecule has 1 fully saturated rings. The fourth-order valence-electron chi connectivity index (χ4n) is 4.25. The summed E-state index contributed by atoms with van der Waals surface area (Å²) < 4.78 is 7.59. The molecule has 1 aliphatic rings. The maximum atomic E-state index is 12.9. The van der Waals surface area contributed by atoms with E-state index in [0.717, 1.165) is 59.5 Å². The summed E-state index contributed by atoms with van der Waals surface area (Å²) in [5.74, 6) is 1.07. The number of amides is 1. The Bertz CT molecular complexity index is 1260. The number of para-hydroxylation sites is 2. The van der Waals surface area contributed by atoms with Crippen molar-refractivity contribution < 1.29 is 9.53 Å². The van der Waals surface area contributed by atoms with Gasteiger partial charge in [0.1, 0.15) is 5.75 Å². The topological polar surface area (TPSA) is 50.1 Å². The molecule has 1 amide bonds. The molecule has 0 N–H and O–H groups in total. The Kier molecular flexibility index (Phi) is 6.24. The number of aryl methyl sites for hydroxylation is 1. The molecule has 0 bridgehead atoms. The first-order chi connectivity index (χ1) is 16.1. The summed E-state index contributed by atoms with van der Waals surface area (Å²) in [4.78, 5) is 22.8. The van der Waals surface area contributed by atoms with E-state index in [4.69, 9.17) is 21.3 Å². The Morgan fingerprint density at radius 1 is 1.09 bits per heavy atom. The molecule has 33 heavy (non-hydrogen) atoms. The average Bonchev–Trinajstić information content (AvgIpc) is 3.44. The number of anilines is 1. The fraction of sp³-hybridized carbons (Fsp3) is 0.280. The number of hydrogen-bond donors (Lipinski definition) is 0. The molecular formula is C25H25ClN4O2S. The van der Waals surface area contributed by atoms with Crippen molar-refractivity contribution in [2.24, 2.45) is 0 Å². The summed E-state index contributed by atoms with van der Waals surface area (Å²) >= 11 is 7.61. The second-order valence-corrected chi connectivity index (χ2v) is 9.33. The van der Waals surface area contributed by atoms with Crippen LogP contribution in [0.3, 0.4) is 0 Å². The highest BCUT2D eigenvalue weighted by molar-refractivity contribution is 7.15. The lowest BCUT2D eigenvalue weighted by Gasteiger charge is -2.36. The number of aromatic nitrogens is 2. The van der Waals surface area contributed by atoms with Gasteiger partial charge >= 0.3 is 0 Å². The number of halogens is 1. The Hall–Kier alpha value is -3.03. The van der Waals surface area contributed by atoms with Gasteiger partial charge in [0.05, 0.1) is 18.5 Å². The van der Waals surface area contributed by atoms with Gasteiger partial charge in [-0.1, -0.05) is 35.9 Å². The molecule has 6 nitrogen and oxygen atoms in total. The van der Waals surface area contributed by atoms with Crippen LogP contribution in [-0.2, 0) is 11.2 Å². The minimum atomic E-state index is 0.201. The second-order valence-electron chi connectivity index (χ2n) is 8.05. The zero-order chi connectivity index (χ0) is 22.8. The first-order valence-corrected chi connectivity index (χ1v) is 12.3. The molecule has 2 aromatic heterocycles. The van der Waals surface area contributed by atoms with Gasteiger partial charge < -0.3 is 14.5 Å². The number of methoxy groups -OCH3 is 1. The van der Waals surface area contributed by atoms with Crippen LogP contribution in [0.1, 0.15) is 12.1 Å². The molecule has 2 aromatic carbocycles. The molecule has 0 unspecified atom stereocenters. The van der Waals surface area contributed by atoms with Crippen LogP contribution in [0.5, 0.6) is 5.75 Å². The molecule has 1 saturated heterocycles. The molecule has 0 saturated carbocycles. The van der Waals surface area contributed by atoms with Crippen LogP contribution in [-0.4, -0.2) is 53.5 Å². The standard InChI is InChI=1S/C25H25ClN4O2S/c1-32-23-5-3-2-4-22(23)28-12-14-29(15-13-28)24(31)11-10-20-17-33-25-27-21(16-30(20)25)18-6-8-19(26)9-7-18/h2-9,16-17H,10-15H2,1H3. The normalized spacial score (nSPS) is 14.1. The molecule has 3 heterocycles. The van der Waals surface area contributed by atoms with Crippen LogP contribution in [0.2, 0.25) is 5.02 Å². The van der Waals surface area contributed by atoms with Crippen molar-refractivity contribution in [1.29, 1.82) is 0 Å². The third-order valence-corrected chi connectivity index (χ3v) is 7.22. The van der Waals surface area contributed by atoms with Gasteiger partial charge in [-0.25, -0.2) is 4.98 Å². The molecule has 170 valence electrons. The smallest absolute Gasteiger partial charge is 0.223 e. The van der Waals surface area contributed by atoms with Gasteiger partial charge in [-0.05, 0) is 30.7 Å². The summed E-state index contributed by atoms with van der Waals surface area (Å²) in [6.45, 7) is 3.06.